The maximum absolute atomic E-state index is 13.8. The van der Waals surface area contributed by atoms with Crippen LogP contribution < -0.4 is 10.5 Å². The predicted octanol–water partition coefficient (Wildman–Crippen LogP) is 3.17. The highest BCUT2D eigenvalue weighted by Crippen LogP contribution is 2.46. The Morgan fingerprint density at radius 2 is 1.86 bits per heavy atom. The van der Waals surface area contributed by atoms with Crippen molar-refractivity contribution in [1.82, 2.24) is 0 Å². The Kier molecular flexibility index (Phi) is 4.31. The van der Waals surface area contributed by atoms with E-state index in [4.69, 9.17) is 15.2 Å². The first kappa shape index (κ1) is 18.7. The van der Waals surface area contributed by atoms with Crippen LogP contribution in [0.4, 0.5) is 0 Å². The van der Waals surface area contributed by atoms with Gasteiger partial charge >= 0.3 is 5.97 Å². The van der Waals surface area contributed by atoms with E-state index in [2.05, 4.69) is 0 Å². The molecule has 2 unspecified atom stereocenters. The molecular formula is C23H25NO4. The van der Waals surface area contributed by atoms with Gasteiger partial charge in [-0.25, -0.2) is 0 Å². The second-order valence-electron chi connectivity index (χ2n) is 8.20. The second-order valence-corrected chi connectivity index (χ2v) is 8.20. The lowest BCUT2D eigenvalue weighted by Gasteiger charge is -2.30. The third-order valence-electron chi connectivity index (χ3n) is 5.72. The molecule has 146 valence electrons. The van der Waals surface area contributed by atoms with Crippen LogP contribution in [0.2, 0.25) is 0 Å². The number of nitrogens with two attached hydrogens (primary N) is 1. The largest absolute Gasteiger partial charge is 0.486 e. The zero-order valence-corrected chi connectivity index (χ0v) is 16.5. The van der Waals surface area contributed by atoms with Gasteiger partial charge in [0, 0.05) is 6.42 Å². The van der Waals surface area contributed by atoms with Crippen molar-refractivity contribution in [3.63, 3.8) is 0 Å². The molecular weight excluding hydrogens is 354 g/mol. The number of ether oxygens (including phenoxy) is 2. The number of ketones is 1. The molecule has 0 saturated carbocycles. The van der Waals surface area contributed by atoms with Gasteiger partial charge in [-0.3, -0.25) is 9.59 Å². The zero-order chi connectivity index (χ0) is 20.1. The third-order valence-corrected chi connectivity index (χ3v) is 5.72. The van der Waals surface area contributed by atoms with Crippen molar-refractivity contribution in [1.29, 1.82) is 0 Å². The number of benzene rings is 2. The molecule has 0 aromatic heterocycles. The Morgan fingerprint density at radius 3 is 2.61 bits per heavy atom. The molecule has 2 atom stereocenters. The maximum atomic E-state index is 13.8. The van der Waals surface area contributed by atoms with E-state index in [0.29, 0.717) is 23.3 Å². The minimum atomic E-state index is -1.48. The fourth-order valence-corrected chi connectivity index (χ4v) is 4.48. The van der Waals surface area contributed by atoms with E-state index < -0.39 is 17.4 Å². The molecule has 1 aliphatic carbocycles. The van der Waals surface area contributed by atoms with Crippen LogP contribution in [0.25, 0.3) is 0 Å². The zero-order valence-electron chi connectivity index (χ0n) is 16.5. The number of carbonyl (C=O) groups is 2. The van der Waals surface area contributed by atoms with Crippen LogP contribution in [0.3, 0.4) is 0 Å². The van der Waals surface area contributed by atoms with Gasteiger partial charge in [0.1, 0.15) is 16.9 Å². The number of rotatable bonds is 4. The van der Waals surface area contributed by atoms with Crippen molar-refractivity contribution in [2.75, 3.05) is 6.61 Å². The van der Waals surface area contributed by atoms with Crippen LogP contribution >= 0.6 is 0 Å². The second kappa shape index (κ2) is 6.45. The summed E-state index contributed by atoms with van der Waals surface area (Å²) in [6.07, 6.45) is 1.11. The molecule has 0 saturated heterocycles. The average molecular weight is 379 g/mol. The molecule has 0 radical (unpaired) electrons. The van der Waals surface area contributed by atoms with Crippen LogP contribution in [0, 0.1) is 5.92 Å². The predicted molar refractivity (Wildman–Crippen MR) is 105 cm³/mol. The highest BCUT2D eigenvalue weighted by Gasteiger charge is 2.54. The first-order valence-corrected chi connectivity index (χ1v) is 9.67. The van der Waals surface area contributed by atoms with Gasteiger partial charge in [-0.15, -0.1) is 0 Å². The van der Waals surface area contributed by atoms with Crippen LogP contribution in [0.5, 0.6) is 5.75 Å². The summed E-state index contributed by atoms with van der Waals surface area (Å²) in [5.74, 6) is -0.926. The minimum absolute atomic E-state index is 0.244. The highest BCUT2D eigenvalue weighted by molar-refractivity contribution is 6.09. The lowest BCUT2D eigenvalue weighted by Crippen LogP contribution is -2.52. The molecule has 0 spiro atoms. The SMILES string of the molecule is CCOC(=O)C1Cc2ccccc2C1(N)C(=O)c1cccc2c1OC(C)(C)C2. The normalized spacial score (nSPS) is 24.2. The molecule has 28 heavy (non-hydrogen) atoms. The number of hydrogen-bond acceptors (Lipinski definition) is 5. The maximum Gasteiger partial charge on any atom is 0.311 e. The lowest BCUT2D eigenvalue weighted by atomic mass is 9.77. The Labute approximate surface area is 164 Å². The Balaban J connectivity index is 1.83. The fourth-order valence-electron chi connectivity index (χ4n) is 4.48. The highest BCUT2D eigenvalue weighted by atomic mass is 16.5. The number of para-hydroxylation sites is 1. The van der Waals surface area contributed by atoms with Crippen molar-refractivity contribution >= 4 is 11.8 Å². The Bertz CT molecular complexity index is 965. The van der Waals surface area contributed by atoms with Gasteiger partial charge in [0.15, 0.2) is 5.78 Å². The van der Waals surface area contributed by atoms with E-state index >= 15 is 0 Å². The summed E-state index contributed by atoms with van der Waals surface area (Å²) in [5, 5.41) is 0. The van der Waals surface area contributed by atoms with Crippen LogP contribution in [0.1, 0.15) is 47.8 Å². The summed E-state index contributed by atoms with van der Waals surface area (Å²) < 4.78 is 11.4. The van der Waals surface area contributed by atoms with Gasteiger partial charge in [0.05, 0.1) is 18.1 Å². The van der Waals surface area contributed by atoms with Crippen molar-refractivity contribution in [2.45, 2.75) is 44.8 Å². The average Bonchev–Trinajstić information content (AvgIpc) is 3.14. The molecule has 0 amide bonds. The molecule has 2 N–H and O–H groups in total. The summed E-state index contributed by atoms with van der Waals surface area (Å²) in [5.41, 5.74) is 7.93. The molecule has 2 aliphatic rings. The van der Waals surface area contributed by atoms with Crippen molar-refractivity contribution < 1.29 is 19.1 Å². The van der Waals surface area contributed by atoms with Gasteiger partial charge in [-0.1, -0.05) is 36.4 Å². The molecule has 0 bridgehead atoms. The molecule has 2 aromatic rings. The van der Waals surface area contributed by atoms with E-state index in [9.17, 15) is 9.59 Å². The van der Waals surface area contributed by atoms with Gasteiger partial charge in [-0.05, 0) is 49.9 Å². The number of Topliss-reactive ketones (excluding diaryl/α,β-unsaturated/α-hetero) is 1. The molecule has 5 nitrogen and oxygen atoms in total. The van der Waals surface area contributed by atoms with Gasteiger partial charge in [0.2, 0.25) is 0 Å². The van der Waals surface area contributed by atoms with Crippen molar-refractivity contribution in [2.24, 2.45) is 11.7 Å². The Morgan fingerprint density at radius 1 is 1.14 bits per heavy atom. The van der Waals surface area contributed by atoms with Crippen molar-refractivity contribution in [3.05, 3.63) is 64.7 Å². The van der Waals surface area contributed by atoms with Crippen LogP contribution in [-0.2, 0) is 27.9 Å². The summed E-state index contributed by atoms with van der Waals surface area (Å²) in [6, 6.07) is 13.0. The Hall–Kier alpha value is -2.66. The van der Waals surface area contributed by atoms with Crippen LogP contribution in [0.15, 0.2) is 42.5 Å². The third kappa shape index (κ3) is 2.73. The number of carbonyl (C=O) groups excluding carboxylic acids is 2. The monoisotopic (exact) mass is 379 g/mol. The topological polar surface area (TPSA) is 78.6 Å². The van der Waals surface area contributed by atoms with Gasteiger partial charge in [0.25, 0.3) is 0 Å². The summed E-state index contributed by atoms with van der Waals surface area (Å²) in [6.45, 7) is 5.98. The summed E-state index contributed by atoms with van der Waals surface area (Å²) >= 11 is 0. The van der Waals surface area contributed by atoms with E-state index in [1.807, 2.05) is 50.2 Å². The number of hydrogen-bond donors (Lipinski definition) is 1. The number of esters is 1. The van der Waals surface area contributed by atoms with Gasteiger partial charge in [-0.2, -0.15) is 0 Å². The molecule has 0 fully saturated rings. The summed E-state index contributed by atoms with van der Waals surface area (Å²) in [4.78, 5) is 26.5. The van der Waals surface area contributed by atoms with E-state index in [0.717, 1.165) is 17.5 Å². The molecule has 5 heteroatoms. The smallest absolute Gasteiger partial charge is 0.311 e. The minimum Gasteiger partial charge on any atom is -0.486 e. The molecule has 1 aliphatic heterocycles. The standard InChI is InChI=1S/C23H25NO4/c1-4-27-21(26)18-12-14-8-5-6-11-17(14)23(18,24)20(25)16-10-7-9-15-13-22(2,3)28-19(15)16/h5-11,18H,4,12-13,24H2,1-3H3. The first-order valence-electron chi connectivity index (χ1n) is 9.67. The van der Waals surface area contributed by atoms with E-state index in [1.165, 1.54) is 0 Å². The molecule has 1 heterocycles. The van der Waals surface area contributed by atoms with E-state index in [-0.39, 0.29) is 18.0 Å². The van der Waals surface area contributed by atoms with Gasteiger partial charge < -0.3 is 15.2 Å². The van der Waals surface area contributed by atoms with E-state index in [1.54, 1.807) is 13.0 Å². The molecule has 4 rings (SSSR count). The van der Waals surface area contributed by atoms with Crippen LogP contribution in [-0.4, -0.2) is 24.0 Å². The quantitative estimate of drug-likeness (QED) is 0.652. The summed E-state index contributed by atoms with van der Waals surface area (Å²) in [7, 11) is 0. The lowest BCUT2D eigenvalue weighted by molar-refractivity contribution is -0.149. The number of fused-ring (bicyclic) bond motifs is 2. The van der Waals surface area contributed by atoms with Crippen molar-refractivity contribution in [3.8, 4) is 5.75 Å². The first-order chi connectivity index (χ1) is 13.3. The molecule has 2 aromatic carbocycles. The fraction of sp³-hybridized carbons (Fsp3) is 0.391.